The smallest absolute Gasteiger partial charge is 0.209 e. The van der Waals surface area contributed by atoms with Gasteiger partial charge in [0, 0.05) is 5.69 Å². The van der Waals surface area contributed by atoms with Gasteiger partial charge in [0.1, 0.15) is 5.69 Å². The van der Waals surface area contributed by atoms with E-state index in [0.717, 1.165) is 11.3 Å². The Morgan fingerprint density at radius 2 is 2.05 bits per heavy atom. The fraction of sp³-hybridized carbons (Fsp3) is 0.0833. The highest BCUT2D eigenvalue weighted by Crippen LogP contribution is 2.24. The molecule has 0 aliphatic heterocycles. The SMILES string of the molecule is Cc1ccc(-n2c(Cl)nc(Cl)c2/C=N/NC(N)=S)cc1. The summed E-state index contributed by atoms with van der Waals surface area (Å²) in [5.74, 6) is 0. The van der Waals surface area contributed by atoms with Crippen molar-refractivity contribution >= 4 is 46.7 Å². The van der Waals surface area contributed by atoms with E-state index in [9.17, 15) is 0 Å². The number of nitrogens with two attached hydrogens (primary N) is 1. The molecule has 0 spiro atoms. The van der Waals surface area contributed by atoms with Gasteiger partial charge in [-0.05, 0) is 42.9 Å². The topological polar surface area (TPSA) is 68.2 Å². The first-order valence-electron chi connectivity index (χ1n) is 5.58. The third kappa shape index (κ3) is 3.27. The van der Waals surface area contributed by atoms with Crippen LogP contribution < -0.4 is 11.2 Å². The van der Waals surface area contributed by atoms with Crippen molar-refractivity contribution in [1.29, 1.82) is 0 Å². The van der Waals surface area contributed by atoms with Crippen molar-refractivity contribution in [2.24, 2.45) is 10.8 Å². The van der Waals surface area contributed by atoms with E-state index < -0.39 is 0 Å². The number of nitrogens with zero attached hydrogens (tertiary/aromatic N) is 3. The van der Waals surface area contributed by atoms with Crippen molar-refractivity contribution in [2.75, 3.05) is 0 Å². The van der Waals surface area contributed by atoms with Crippen LogP contribution in [0.1, 0.15) is 11.3 Å². The summed E-state index contributed by atoms with van der Waals surface area (Å²) in [6, 6.07) is 7.76. The molecule has 5 nitrogen and oxygen atoms in total. The van der Waals surface area contributed by atoms with E-state index in [-0.39, 0.29) is 15.5 Å². The lowest BCUT2D eigenvalue weighted by Gasteiger charge is -2.07. The highest BCUT2D eigenvalue weighted by molar-refractivity contribution is 7.80. The first-order chi connectivity index (χ1) is 9.49. The van der Waals surface area contributed by atoms with Gasteiger partial charge in [0.15, 0.2) is 10.3 Å². The molecule has 2 aromatic rings. The summed E-state index contributed by atoms with van der Waals surface area (Å²) in [4.78, 5) is 4.02. The number of halogens is 2. The largest absolute Gasteiger partial charge is 0.375 e. The maximum absolute atomic E-state index is 6.10. The second-order valence-corrected chi connectivity index (χ2v) is 5.10. The van der Waals surface area contributed by atoms with Gasteiger partial charge in [0.25, 0.3) is 0 Å². The Kier molecular flexibility index (Phi) is 4.59. The molecular weight excluding hydrogens is 317 g/mol. The van der Waals surface area contributed by atoms with E-state index in [0.29, 0.717) is 5.69 Å². The average molecular weight is 328 g/mol. The van der Waals surface area contributed by atoms with Crippen molar-refractivity contribution in [3.05, 3.63) is 46.0 Å². The Morgan fingerprint density at radius 3 is 2.65 bits per heavy atom. The van der Waals surface area contributed by atoms with Gasteiger partial charge in [0.05, 0.1) is 6.21 Å². The summed E-state index contributed by atoms with van der Waals surface area (Å²) in [5.41, 5.74) is 10.2. The van der Waals surface area contributed by atoms with Crippen LogP contribution in [-0.4, -0.2) is 20.9 Å². The molecule has 0 amide bonds. The third-order valence-corrected chi connectivity index (χ3v) is 3.10. The molecule has 0 radical (unpaired) electrons. The molecular formula is C12H11Cl2N5S. The molecule has 0 saturated carbocycles. The molecule has 1 aromatic heterocycles. The summed E-state index contributed by atoms with van der Waals surface area (Å²) in [6.45, 7) is 2.00. The molecule has 0 bridgehead atoms. The van der Waals surface area contributed by atoms with Gasteiger partial charge < -0.3 is 5.73 Å². The van der Waals surface area contributed by atoms with Crippen LogP contribution >= 0.6 is 35.4 Å². The van der Waals surface area contributed by atoms with Gasteiger partial charge in [-0.2, -0.15) is 5.10 Å². The van der Waals surface area contributed by atoms with Crippen LogP contribution in [0, 0.1) is 6.92 Å². The number of aryl methyl sites for hydroxylation is 1. The first-order valence-corrected chi connectivity index (χ1v) is 6.74. The van der Waals surface area contributed by atoms with Gasteiger partial charge in [-0.1, -0.05) is 29.3 Å². The summed E-state index contributed by atoms with van der Waals surface area (Å²) in [5, 5.41) is 4.42. The van der Waals surface area contributed by atoms with E-state index >= 15 is 0 Å². The van der Waals surface area contributed by atoms with Crippen LogP contribution in [-0.2, 0) is 0 Å². The Bertz CT molecular complexity index is 663. The normalized spacial score (nSPS) is 10.9. The maximum Gasteiger partial charge on any atom is 0.209 e. The lowest BCUT2D eigenvalue weighted by Crippen LogP contribution is -2.24. The molecule has 3 N–H and O–H groups in total. The minimum Gasteiger partial charge on any atom is -0.375 e. The van der Waals surface area contributed by atoms with Crippen LogP contribution in [0.15, 0.2) is 29.4 Å². The highest BCUT2D eigenvalue weighted by atomic mass is 35.5. The number of thiocarbonyl (C=S) groups is 1. The molecule has 0 fully saturated rings. The number of hydrazone groups is 1. The Hall–Kier alpha value is -1.63. The van der Waals surface area contributed by atoms with E-state index in [1.165, 1.54) is 6.21 Å². The fourth-order valence-corrected chi connectivity index (χ4v) is 2.17. The van der Waals surface area contributed by atoms with Crippen molar-refractivity contribution in [3.8, 4) is 5.69 Å². The number of hydrogen-bond donors (Lipinski definition) is 2. The minimum atomic E-state index is 0.0601. The summed E-state index contributed by atoms with van der Waals surface area (Å²) >= 11 is 16.8. The molecule has 1 aromatic carbocycles. The second-order valence-electron chi connectivity index (χ2n) is 3.96. The molecule has 0 aliphatic carbocycles. The molecule has 0 aliphatic rings. The molecule has 20 heavy (non-hydrogen) atoms. The molecule has 0 saturated heterocycles. The fourth-order valence-electron chi connectivity index (χ4n) is 1.59. The first kappa shape index (κ1) is 14.8. The molecule has 8 heteroatoms. The summed E-state index contributed by atoms with van der Waals surface area (Å²) < 4.78 is 1.67. The van der Waals surface area contributed by atoms with E-state index in [2.05, 4.69) is 27.7 Å². The van der Waals surface area contributed by atoms with Crippen LogP contribution in [0.25, 0.3) is 5.69 Å². The quantitative estimate of drug-likeness (QED) is 0.516. The predicted octanol–water partition coefficient (Wildman–Crippen LogP) is 2.65. The van der Waals surface area contributed by atoms with Gasteiger partial charge in [-0.25, -0.2) is 4.98 Å². The monoisotopic (exact) mass is 327 g/mol. The number of rotatable bonds is 3. The van der Waals surface area contributed by atoms with Crippen LogP contribution in [0.4, 0.5) is 0 Å². The average Bonchev–Trinajstić information content (AvgIpc) is 2.65. The standard InChI is InChI=1S/C12H11Cl2N5S/c1-7-2-4-8(5-3-7)19-9(6-16-18-12(15)20)10(13)17-11(19)14/h2-6H,1H3,(H3,15,18,20)/b16-6+. The van der Waals surface area contributed by atoms with Gasteiger partial charge >= 0.3 is 0 Å². The number of imidazole rings is 1. The van der Waals surface area contributed by atoms with Gasteiger partial charge in [-0.3, -0.25) is 9.99 Å². The van der Waals surface area contributed by atoms with Crippen molar-refractivity contribution in [3.63, 3.8) is 0 Å². The van der Waals surface area contributed by atoms with Crippen molar-refractivity contribution in [2.45, 2.75) is 6.92 Å². The van der Waals surface area contributed by atoms with Crippen LogP contribution in [0.3, 0.4) is 0 Å². The predicted molar refractivity (Wildman–Crippen MR) is 85.8 cm³/mol. The second kappa shape index (κ2) is 6.21. The zero-order valence-electron chi connectivity index (χ0n) is 10.5. The number of aromatic nitrogens is 2. The van der Waals surface area contributed by atoms with Crippen molar-refractivity contribution < 1.29 is 0 Å². The van der Waals surface area contributed by atoms with Crippen molar-refractivity contribution in [1.82, 2.24) is 15.0 Å². The maximum atomic E-state index is 6.10. The van der Waals surface area contributed by atoms with Crippen LogP contribution in [0.5, 0.6) is 0 Å². The molecule has 1 heterocycles. The molecule has 0 unspecified atom stereocenters. The minimum absolute atomic E-state index is 0.0601. The number of hydrogen-bond acceptors (Lipinski definition) is 3. The summed E-state index contributed by atoms with van der Waals surface area (Å²) in [6.07, 6.45) is 1.46. The third-order valence-electron chi connectivity index (χ3n) is 2.48. The zero-order valence-corrected chi connectivity index (χ0v) is 12.8. The molecule has 2 rings (SSSR count). The lowest BCUT2D eigenvalue weighted by atomic mass is 10.2. The summed E-state index contributed by atoms with van der Waals surface area (Å²) in [7, 11) is 0. The molecule has 104 valence electrons. The molecule has 0 atom stereocenters. The number of nitrogens with one attached hydrogen (secondary N) is 1. The Morgan fingerprint density at radius 1 is 1.40 bits per heavy atom. The van der Waals surface area contributed by atoms with E-state index in [4.69, 9.17) is 28.9 Å². The Balaban J connectivity index is 2.44. The highest BCUT2D eigenvalue weighted by Gasteiger charge is 2.14. The van der Waals surface area contributed by atoms with E-state index in [1.807, 2.05) is 31.2 Å². The van der Waals surface area contributed by atoms with E-state index in [1.54, 1.807) is 4.57 Å². The number of benzene rings is 1. The lowest BCUT2D eigenvalue weighted by molar-refractivity contribution is 1.02. The van der Waals surface area contributed by atoms with Crippen LogP contribution in [0.2, 0.25) is 10.4 Å². The Labute approximate surface area is 131 Å². The van der Waals surface area contributed by atoms with Gasteiger partial charge in [0.2, 0.25) is 5.28 Å². The zero-order chi connectivity index (χ0) is 14.7. The van der Waals surface area contributed by atoms with Gasteiger partial charge in [-0.15, -0.1) is 0 Å².